The molecule has 0 aliphatic carbocycles. The summed E-state index contributed by atoms with van der Waals surface area (Å²) in [6, 6.07) is 0. The summed E-state index contributed by atoms with van der Waals surface area (Å²) in [4.78, 5) is 25.9. The quantitative estimate of drug-likeness (QED) is 0.0171. The number of unbranched alkanes of at least 4 members (excludes halogenated alkanes) is 21. The molecule has 2 rings (SSSR count). The van der Waals surface area contributed by atoms with Crippen LogP contribution in [0.25, 0.3) is 0 Å². The Morgan fingerprint density at radius 3 is 1.32 bits per heavy atom. The van der Waals surface area contributed by atoms with Crippen LogP contribution in [0.3, 0.4) is 0 Å². The Bertz CT molecular complexity index is 1520. The summed E-state index contributed by atoms with van der Waals surface area (Å²) >= 11 is 0. The van der Waals surface area contributed by atoms with Gasteiger partial charge in [-0.05, 0) is 83.5 Å². The lowest BCUT2D eigenvalue weighted by Crippen LogP contribution is -2.61. The van der Waals surface area contributed by atoms with Crippen LogP contribution in [-0.2, 0) is 38.0 Å². The smallest absolute Gasteiger partial charge is 0.306 e. The summed E-state index contributed by atoms with van der Waals surface area (Å²) in [5.41, 5.74) is 0. The Morgan fingerprint density at radius 2 is 0.811 bits per heavy atom. The minimum absolute atomic E-state index is 0.154. The lowest BCUT2D eigenvalue weighted by atomic mass is 9.98. The molecule has 0 aromatic carbocycles. The normalized spacial score (nSPS) is 25.1. The van der Waals surface area contributed by atoms with Gasteiger partial charge in [-0.3, -0.25) is 9.59 Å². The molecule has 0 aromatic rings. The predicted molar refractivity (Wildman–Crippen MR) is 289 cm³/mol. The number of carbonyl (C=O) groups excluding carboxylic acids is 2. The third-order valence-corrected chi connectivity index (χ3v) is 13.5. The van der Waals surface area contributed by atoms with Crippen molar-refractivity contribution < 1.29 is 73.8 Å². The Kier molecular flexibility index (Phi) is 41.2. The molecule has 0 radical (unpaired) electrons. The van der Waals surface area contributed by atoms with E-state index < -0.39 is 99.3 Å². The van der Waals surface area contributed by atoms with Crippen LogP contribution < -0.4 is 0 Å². The lowest BCUT2D eigenvalue weighted by molar-refractivity contribution is -0.332. The number of ether oxygens (including phenoxy) is 6. The van der Waals surface area contributed by atoms with E-state index in [0.717, 1.165) is 77.0 Å². The van der Waals surface area contributed by atoms with Gasteiger partial charge in [0.1, 0.15) is 55.4 Å². The zero-order valence-corrected chi connectivity index (χ0v) is 45.6. The third-order valence-electron chi connectivity index (χ3n) is 13.5. The van der Waals surface area contributed by atoms with E-state index in [9.17, 15) is 45.3 Å². The van der Waals surface area contributed by atoms with Gasteiger partial charge in [0.15, 0.2) is 18.7 Å². The number of hydrogen-bond donors (Lipinski definition) is 7. The summed E-state index contributed by atoms with van der Waals surface area (Å²) < 4.78 is 33.7. The van der Waals surface area contributed by atoms with Crippen LogP contribution in [0.4, 0.5) is 0 Å². The van der Waals surface area contributed by atoms with Gasteiger partial charge in [0, 0.05) is 12.8 Å². The van der Waals surface area contributed by atoms with Crippen molar-refractivity contribution in [2.24, 2.45) is 0 Å². The van der Waals surface area contributed by atoms with E-state index in [2.05, 4.69) is 74.6 Å². The zero-order valence-electron chi connectivity index (χ0n) is 45.6. The molecule has 0 bridgehead atoms. The Balaban J connectivity index is 1.78. The summed E-state index contributed by atoms with van der Waals surface area (Å²) in [6.07, 6.45) is 36.6. The lowest BCUT2D eigenvalue weighted by Gasteiger charge is -2.42. The average Bonchev–Trinajstić information content (AvgIpc) is 3.39. The van der Waals surface area contributed by atoms with Crippen LogP contribution in [0, 0.1) is 0 Å². The molecule has 15 heteroatoms. The van der Waals surface area contributed by atoms with Crippen LogP contribution >= 0.6 is 0 Å². The number of allylic oxidation sites excluding steroid dienone is 10. The van der Waals surface area contributed by atoms with Crippen molar-refractivity contribution in [3.63, 3.8) is 0 Å². The SMILES string of the molecule is CCCCC/C=C/C/C=C/C/C=C/C/C=C/CCCCCC(=O)OC[C@@H](CO[C@@H]1O[C@H](CO[C@@H]2O[C@H](CO)[C@H](O)C(O)C2O)[C@H](O)C(O)C1O)OC(=O)CCCCCCCCCCC/C=C/CCCCCCCC. The summed E-state index contributed by atoms with van der Waals surface area (Å²) in [5.74, 6) is -0.962. The van der Waals surface area contributed by atoms with Gasteiger partial charge in [-0.25, -0.2) is 0 Å². The molecule has 0 spiro atoms. The number of hydrogen-bond acceptors (Lipinski definition) is 15. The first-order chi connectivity index (χ1) is 36.0. The van der Waals surface area contributed by atoms with Crippen molar-refractivity contribution in [3.05, 3.63) is 60.8 Å². The van der Waals surface area contributed by atoms with E-state index in [1.807, 2.05) is 0 Å². The van der Waals surface area contributed by atoms with Gasteiger partial charge in [-0.1, -0.05) is 171 Å². The molecule has 2 saturated heterocycles. The van der Waals surface area contributed by atoms with Gasteiger partial charge in [-0.2, -0.15) is 0 Å². The highest BCUT2D eigenvalue weighted by Crippen LogP contribution is 2.26. The first kappa shape index (κ1) is 67.3. The first-order valence-electron chi connectivity index (χ1n) is 28.9. The summed E-state index contributed by atoms with van der Waals surface area (Å²) in [7, 11) is 0. The molecule has 0 aromatic heterocycles. The molecule has 2 heterocycles. The summed E-state index contributed by atoms with van der Waals surface area (Å²) in [6.45, 7) is 2.54. The van der Waals surface area contributed by atoms with E-state index in [1.54, 1.807) is 0 Å². The van der Waals surface area contributed by atoms with Crippen LogP contribution in [0.15, 0.2) is 60.8 Å². The second kappa shape index (κ2) is 45.2. The molecule has 2 aliphatic heterocycles. The Hall–Kier alpha value is -2.80. The van der Waals surface area contributed by atoms with Crippen molar-refractivity contribution >= 4 is 11.9 Å². The topological polar surface area (TPSA) is 231 Å². The average molecular weight is 1050 g/mol. The van der Waals surface area contributed by atoms with Crippen molar-refractivity contribution in [2.45, 2.75) is 274 Å². The fourth-order valence-corrected chi connectivity index (χ4v) is 8.72. The maximum Gasteiger partial charge on any atom is 0.306 e. The summed E-state index contributed by atoms with van der Waals surface area (Å²) in [5, 5.41) is 72.3. The molecule has 0 amide bonds. The third kappa shape index (κ3) is 32.1. The number of rotatable bonds is 45. The van der Waals surface area contributed by atoms with Gasteiger partial charge in [-0.15, -0.1) is 0 Å². The van der Waals surface area contributed by atoms with Crippen LogP contribution in [0.5, 0.6) is 0 Å². The van der Waals surface area contributed by atoms with Gasteiger partial charge >= 0.3 is 11.9 Å². The first-order valence-corrected chi connectivity index (χ1v) is 28.9. The molecular weight excluding hydrogens is 949 g/mol. The predicted octanol–water partition coefficient (Wildman–Crippen LogP) is 9.61. The molecule has 428 valence electrons. The van der Waals surface area contributed by atoms with Gasteiger partial charge in [0.05, 0.1) is 19.8 Å². The van der Waals surface area contributed by atoms with Crippen LogP contribution in [0.2, 0.25) is 0 Å². The van der Waals surface area contributed by atoms with Crippen molar-refractivity contribution in [2.75, 3.05) is 26.4 Å². The van der Waals surface area contributed by atoms with Crippen molar-refractivity contribution in [1.82, 2.24) is 0 Å². The maximum atomic E-state index is 13.1. The molecule has 7 N–H and O–H groups in total. The molecule has 15 nitrogen and oxygen atoms in total. The Morgan fingerprint density at radius 1 is 0.432 bits per heavy atom. The van der Waals surface area contributed by atoms with Gasteiger partial charge < -0.3 is 64.2 Å². The highest BCUT2D eigenvalue weighted by molar-refractivity contribution is 5.70. The molecule has 2 aliphatic rings. The minimum Gasteiger partial charge on any atom is -0.462 e. The molecule has 74 heavy (non-hydrogen) atoms. The molecule has 2 fully saturated rings. The van der Waals surface area contributed by atoms with E-state index in [0.29, 0.717) is 12.8 Å². The molecule has 4 unspecified atom stereocenters. The van der Waals surface area contributed by atoms with E-state index in [4.69, 9.17) is 28.4 Å². The van der Waals surface area contributed by atoms with Crippen LogP contribution in [-0.4, -0.2) is 142 Å². The molecule has 11 atom stereocenters. The monoisotopic (exact) mass is 1050 g/mol. The fraction of sp³-hybridized carbons (Fsp3) is 0.797. The Labute approximate surface area is 445 Å². The number of esters is 2. The molecule has 0 saturated carbocycles. The highest BCUT2D eigenvalue weighted by Gasteiger charge is 2.47. The number of carbonyl (C=O) groups is 2. The maximum absolute atomic E-state index is 13.1. The minimum atomic E-state index is -1.77. The van der Waals surface area contributed by atoms with Gasteiger partial charge in [0.2, 0.25) is 0 Å². The van der Waals surface area contributed by atoms with Crippen molar-refractivity contribution in [1.29, 1.82) is 0 Å². The largest absolute Gasteiger partial charge is 0.462 e. The number of aliphatic hydroxyl groups excluding tert-OH is 7. The fourth-order valence-electron chi connectivity index (χ4n) is 8.72. The second-order valence-corrected chi connectivity index (χ2v) is 20.1. The second-order valence-electron chi connectivity index (χ2n) is 20.1. The van der Waals surface area contributed by atoms with Crippen LogP contribution in [0.1, 0.15) is 206 Å². The standard InChI is InChI=1S/C59H102O15/c1-3-5-7-9-11-13-15-17-19-21-23-25-27-29-31-33-35-37-39-41-50(61)69-44-47(72-51(62)42-40-38-36-34-32-30-28-26-24-22-20-18-16-14-12-10-8-6-4-2)45-70-58-57(68)55(66)53(64)49(74-58)46-71-59-56(67)54(65)52(63)48(43-60)73-59/h11,13,17-20,23,25,29,31,47-49,52-60,63-68H,3-10,12,14-16,21-22,24,26-28,30,32-46H2,1-2H3/b13-11+,19-17+,20-18+,25-23+,31-29+/t47-,48+,49+,52-,53-,54?,55?,56?,57?,58+,59+/m0/s1. The highest BCUT2D eigenvalue weighted by atomic mass is 16.7. The molecular formula is C59H102O15. The van der Waals surface area contributed by atoms with E-state index >= 15 is 0 Å². The van der Waals surface area contributed by atoms with E-state index in [1.165, 1.54) is 89.9 Å². The zero-order chi connectivity index (χ0) is 53.9. The van der Waals surface area contributed by atoms with E-state index in [-0.39, 0.29) is 19.4 Å². The van der Waals surface area contributed by atoms with Gasteiger partial charge in [0.25, 0.3) is 0 Å². The number of aliphatic hydroxyl groups is 7. The van der Waals surface area contributed by atoms with Crippen molar-refractivity contribution in [3.8, 4) is 0 Å².